The Bertz CT molecular complexity index is 512. The third-order valence-electron chi connectivity index (χ3n) is 3.20. The van der Waals surface area contributed by atoms with Gasteiger partial charge in [-0.3, -0.25) is 0 Å². The summed E-state index contributed by atoms with van der Waals surface area (Å²) >= 11 is 0. The number of fused-ring (bicyclic) bond motifs is 1. The molecule has 0 bridgehead atoms. The van der Waals surface area contributed by atoms with Gasteiger partial charge in [0.1, 0.15) is 0 Å². The van der Waals surface area contributed by atoms with E-state index in [0.717, 1.165) is 16.6 Å². The van der Waals surface area contributed by atoms with Gasteiger partial charge in [0.25, 0.3) is 0 Å². The standard InChI is InChI=1S/C12H14N2O/c1-14-7-13-11-5-4-9(8-2-3-8)10(6-15)12(11)14/h4-5,7-8,15H,2-3,6H2,1H3. The van der Waals surface area contributed by atoms with Crippen molar-refractivity contribution in [3.63, 3.8) is 0 Å². The van der Waals surface area contributed by atoms with Crippen LogP contribution in [0.1, 0.15) is 29.9 Å². The average molecular weight is 202 g/mol. The second-order valence-corrected chi connectivity index (χ2v) is 4.29. The maximum Gasteiger partial charge on any atom is 0.0955 e. The minimum Gasteiger partial charge on any atom is -0.392 e. The highest BCUT2D eigenvalue weighted by Crippen LogP contribution is 2.43. The third kappa shape index (κ3) is 1.27. The van der Waals surface area contributed by atoms with E-state index in [4.69, 9.17) is 0 Å². The molecule has 0 saturated heterocycles. The molecule has 0 radical (unpaired) electrons. The molecule has 1 N–H and O–H groups in total. The summed E-state index contributed by atoms with van der Waals surface area (Å²) in [5.74, 6) is 0.673. The fraction of sp³-hybridized carbons (Fsp3) is 0.417. The molecule has 3 nitrogen and oxygen atoms in total. The first-order valence-corrected chi connectivity index (χ1v) is 5.35. The SMILES string of the molecule is Cn1cnc2ccc(C3CC3)c(CO)c21. The summed E-state index contributed by atoms with van der Waals surface area (Å²) in [5, 5.41) is 9.49. The van der Waals surface area contributed by atoms with E-state index in [1.807, 2.05) is 11.6 Å². The van der Waals surface area contributed by atoms with Gasteiger partial charge in [-0.15, -0.1) is 0 Å². The Morgan fingerprint density at radius 3 is 2.93 bits per heavy atom. The van der Waals surface area contributed by atoms with Gasteiger partial charge < -0.3 is 9.67 Å². The van der Waals surface area contributed by atoms with Crippen LogP contribution in [-0.2, 0) is 13.7 Å². The van der Waals surface area contributed by atoms with Crippen LogP contribution in [-0.4, -0.2) is 14.7 Å². The van der Waals surface area contributed by atoms with Crippen molar-refractivity contribution in [1.29, 1.82) is 0 Å². The predicted octanol–water partition coefficient (Wildman–Crippen LogP) is 1.94. The van der Waals surface area contributed by atoms with Crippen molar-refractivity contribution in [3.8, 4) is 0 Å². The molecule has 15 heavy (non-hydrogen) atoms. The summed E-state index contributed by atoms with van der Waals surface area (Å²) < 4.78 is 1.99. The number of rotatable bonds is 2. The minimum absolute atomic E-state index is 0.114. The first-order chi connectivity index (χ1) is 7.31. The Morgan fingerprint density at radius 1 is 1.47 bits per heavy atom. The molecule has 1 aliphatic rings. The summed E-state index contributed by atoms with van der Waals surface area (Å²) in [6.07, 6.45) is 4.33. The molecule has 1 aromatic carbocycles. The molecule has 0 spiro atoms. The number of aliphatic hydroxyl groups is 1. The van der Waals surface area contributed by atoms with Crippen LogP contribution in [0, 0.1) is 0 Å². The molecule has 0 amide bonds. The van der Waals surface area contributed by atoms with Crippen molar-refractivity contribution in [2.24, 2.45) is 7.05 Å². The molecule has 1 heterocycles. The zero-order chi connectivity index (χ0) is 10.4. The molecule has 1 saturated carbocycles. The Morgan fingerprint density at radius 2 is 2.27 bits per heavy atom. The lowest BCUT2D eigenvalue weighted by molar-refractivity contribution is 0.281. The van der Waals surface area contributed by atoms with Crippen molar-refractivity contribution in [1.82, 2.24) is 9.55 Å². The molecule has 1 aliphatic carbocycles. The second-order valence-electron chi connectivity index (χ2n) is 4.29. The van der Waals surface area contributed by atoms with Gasteiger partial charge in [0.15, 0.2) is 0 Å². The van der Waals surface area contributed by atoms with Gasteiger partial charge in [0, 0.05) is 12.6 Å². The molecule has 2 aromatic rings. The Hall–Kier alpha value is -1.35. The molecule has 0 unspecified atom stereocenters. The number of aryl methyl sites for hydroxylation is 1. The van der Waals surface area contributed by atoms with E-state index in [9.17, 15) is 5.11 Å². The number of hydrogen-bond acceptors (Lipinski definition) is 2. The molecule has 1 fully saturated rings. The number of benzene rings is 1. The highest BCUT2D eigenvalue weighted by Gasteiger charge is 2.27. The lowest BCUT2D eigenvalue weighted by Gasteiger charge is -2.08. The van der Waals surface area contributed by atoms with Crippen molar-refractivity contribution in [2.45, 2.75) is 25.4 Å². The molecular formula is C12H14N2O. The van der Waals surface area contributed by atoms with Crippen LogP contribution < -0.4 is 0 Å². The minimum atomic E-state index is 0.114. The van der Waals surface area contributed by atoms with Gasteiger partial charge >= 0.3 is 0 Å². The molecule has 0 aliphatic heterocycles. The van der Waals surface area contributed by atoms with Crippen molar-refractivity contribution < 1.29 is 5.11 Å². The highest BCUT2D eigenvalue weighted by atomic mass is 16.3. The number of aromatic nitrogens is 2. The van der Waals surface area contributed by atoms with Crippen molar-refractivity contribution >= 4 is 11.0 Å². The summed E-state index contributed by atoms with van der Waals surface area (Å²) in [7, 11) is 1.98. The lowest BCUT2D eigenvalue weighted by Crippen LogP contribution is -1.97. The van der Waals surface area contributed by atoms with E-state index in [0.29, 0.717) is 5.92 Å². The van der Waals surface area contributed by atoms with E-state index in [1.165, 1.54) is 18.4 Å². The van der Waals surface area contributed by atoms with Crippen LogP contribution in [0.4, 0.5) is 0 Å². The van der Waals surface area contributed by atoms with E-state index in [2.05, 4.69) is 17.1 Å². The lowest BCUT2D eigenvalue weighted by atomic mass is 10.0. The topological polar surface area (TPSA) is 38.0 Å². The van der Waals surface area contributed by atoms with Gasteiger partial charge in [-0.05, 0) is 30.4 Å². The number of aliphatic hydroxyl groups excluding tert-OH is 1. The first-order valence-electron chi connectivity index (χ1n) is 5.35. The zero-order valence-corrected chi connectivity index (χ0v) is 8.77. The van der Waals surface area contributed by atoms with E-state index in [1.54, 1.807) is 6.33 Å². The van der Waals surface area contributed by atoms with Gasteiger partial charge in [0.2, 0.25) is 0 Å². The monoisotopic (exact) mass is 202 g/mol. The third-order valence-corrected chi connectivity index (χ3v) is 3.20. The van der Waals surface area contributed by atoms with Gasteiger partial charge in [-0.1, -0.05) is 6.07 Å². The van der Waals surface area contributed by atoms with Gasteiger partial charge in [-0.25, -0.2) is 4.98 Å². The largest absolute Gasteiger partial charge is 0.392 e. The first kappa shape index (κ1) is 8.92. The summed E-state index contributed by atoms with van der Waals surface area (Å²) in [6, 6.07) is 4.18. The molecule has 1 aromatic heterocycles. The smallest absolute Gasteiger partial charge is 0.0955 e. The van der Waals surface area contributed by atoms with Crippen molar-refractivity contribution in [2.75, 3.05) is 0 Å². The maximum absolute atomic E-state index is 9.49. The second kappa shape index (κ2) is 3.07. The van der Waals surface area contributed by atoms with Crippen molar-refractivity contribution in [3.05, 3.63) is 29.6 Å². The zero-order valence-electron chi connectivity index (χ0n) is 8.77. The van der Waals surface area contributed by atoms with Crippen LogP contribution in [0.2, 0.25) is 0 Å². The quantitative estimate of drug-likeness (QED) is 0.808. The fourth-order valence-electron chi connectivity index (χ4n) is 2.29. The van der Waals surface area contributed by atoms with Crippen LogP contribution in [0.25, 0.3) is 11.0 Å². The van der Waals surface area contributed by atoms with Crippen LogP contribution in [0.3, 0.4) is 0 Å². The molecule has 3 rings (SSSR count). The number of hydrogen-bond donors (Lipinski definition) is 1. The molecule has 0 atom stereocenters. The maximum atomic E-state index is 9.49. The molecular weight excluding hydrogens is 188 g/mol. The van der Waals surface area contributed by atoms with Gasteiger partial charge in [-0.2, -0.15) is 0 Å². The van der Waals surface area contributed by atoms with Crippen LogP contribution in [0.15, 0.2) is 18.5 Å². The van der Waals surface area contributed by atoms with E-state index in [-0.39, 0.29) is 6.61 Å². The molecule has 78 valence electrons. The normalized spacial score (nSPS) is 16.1. The Labute approximate surface area is 88.4 Å². The van der Waals surface area contributed by atoms with E-state index >= 15 is 0 Å². The average Bonchev–Trinajstić information content (AvgIpc) is 3.03. The summed E-state index contributed by atoms with van der Waals surface area (Å²) in [4.78, 5) is 4.30. The summed E-state index contributed by atoms with van der Waals surface area (Å²) in [5.41, 5.74) is 4.44. The Balaban J connectivity index is 2.32. The number of imidazole rings is 1. The van der Waals surface area contributed by atoms with E-state index < -0.39 is 0 Å². The fourth-order valence-corrected chi connectivity index (χ4v) is 2.29. The van der Waals surface area contributed by atoms with Gasteiger partial charge in [0.05, 0.1) is 24.0 Å². The molecule has 3 heteroatoms. The van der Waals surface area contributed by atoms with Crippen LogP contribution >= 0.6 is 0 Å². The Kier molecular flexibility index (Phi) is 1.83. The summed E-state index contributed by atoms with van der Waals surface area (Å²) in [6.45, 7) is 0.114. The predicted molar refractivity (Wildman–Crippen MR) is 58.6 cm³/mol. The van der Waals surface area contributed by atoms with Crippen LogP contribution in [0.5, 0.6) is 0 Å². The number of nitrogens with zero attached hydrogens (tertiary/aromatic N) is 2. The highest BCUT2D eigenvalue weighted by molar-refractivity contribution is 5.80.